The van der Waals surface area contributed by atoms with Gasteiger partial charge in [0.2, 0.25) is 0 Å². The third kappa shape index (κ3) is 7.28. The monoisotopic (exact) mass is 662 g/mol. The third-order valence-electron chi connectivity index (χ3n) is 7.55. The van der Waals surface area contributed by atoms with Crippen molar-refractivity contribution in [3.8, 4) is 11.5 Å². The van der Waals surface area contributed by atoms with Crippen molar-refractivity contribution in [1.29, 1.82) is 0 Å². The molecule has 2 aromatic carbocycles. The number of carbonyl (C=O) groups is 2. The Bertz CT molecular complexity index is 1850. The second-order valence-electron chi connectivity index (χ2n) is 10.7. The van der Waals surface area contributed by atoms with Gasteiger partial charge in [0.15, 0.2) is 16.6 Å². The summed E-state index contributed by atoms with van der Waals surface area (Å²) in [5.74, 6) is 1.36. The van der Waals surface area contributed by atoms with Crippen LogP contribution in [0.3, 0.4) is 0 Å². The molecule has 15 heteroatoms. The van der Waals surface area contributed by atoms with Gasteiger partial charge in [-0.1, -0.05) is 11.3 Å². The zero-order valence-electron chi connectivity index (χ0n) is 25.7. The highest BCUT2D eigenvalue weighted by atomic mass is 32.1. The van der Waals surface area contributed by atoms with E-state index in [0.29, 0.717) is 39.6 Å². The van der Waals surface area contributed by atoms with Crippen molar-refractivity contribution in [3.05, 3.63) is 53.0 Å². The first-order valence-electron chi connectivity index (χ1n) is 14.7. The number of urea groups is 1. The van der Waals surface area contributed by atoms with Crippen LogP contribution in [0.1, 0.15) is 16.1 Å². The molecule has 0 bridgehead atoms. The number of thiazole rings is 1. The predicted molar refractivity (Wildman–Crippen MR) is 181 cm³/mol. The van der Waals surface area contributed by atoms with E-state index in [2.05, 4.69) is 47.7 Å². The first-order chi connectivity index (χ1) is 22.4. The van der Waals surface area contributed by atoms with Crippen LogP contribution >= 0.6 is 22.7 Å². The first kappa shape index (κ1) is 31.4. The molecule has 46 heavy (non-hydrogen) atoms. The molecule has 0 radical (unpaired) electrons. The quantitative estimate of drug-likeness (QED) is 0.122. The predicted octanol–water partition coefficient (Wildman–Crippen LogP) is 5.50. The lowest BCUT2D eigenvalue weighted by molar-refractivity contribution is 0.0607. The number of thiophene rings is 1. The Morgan fingerprint density at radius 2 is 1.83 bits per heavy atom. The number of rotatable bonds is 11. The van der Waals surface area contributed by atoms with Gasteiger partial charge in [0.25, 0.3) is 0 Å². The van der Waals surface area contributed by atoms with Crippen LogP contribution in [0.5, 0.6) is 11.5 Å². The molecule has 0 aliphatic carbocycles. The Morgan fingerprint density at radius 1 is 0.978 bits per heavy atom. The Kier molecular flexibility index (Phi) is 9.73. The molecule has 3 aromatic heterocycles. The summed E-state index contributed by atoms with van der Waals surface area (Å²) in [6.45, 7) is 5.96. The minimum Gasteiger partial charge on any atom is -0.493 e. The molecule has 2 amide bonds. The molecule has 1 saturated heterocycles. The fraction of sp³-hybridized carbons (Fsp3) is 0.323. The summed E-state index contributed by atoms with van der Waals surface area (Å²) in [6.07, 6.45) is 2.44. The zero-order chi connectivity index (χ0) is 32.0. The minimum atomic E-state index is -0.513. The van der Waals surface area contributed by atoms with Gasteiger partial charge in [-0.05, 0) is 49.2 Å². The number of esters is 1. The van der Waals surface area contributed by atoms with Crippen molar-refractivity contribution >= 4 is 78.1 Å². The summed E-state index contributed by atoms with van der Waals surface area (Å²) in [5.41, 5.74) is 2.61. The van der Waals surface area contributed by atoms with Crippen LogP contribution in [0.2, 0.25) is 0 Å². The van der Waals surface area contributed by atoms with Crippen LogP contribution < -0.4 is 25.4 Å². The standard InChI is InChI=1S/C31H34N8O5S2/c1-38-9-11-39(12-10-38)8-4-13-44-25-17-23-20(16-24(25)42-2)28(33-18-32-23)34-19-5-6-21-26(15-19)46-31(36-21)37-30(41)35-22-7-14-45-27(22)29(40)43-3/h5-7,14-18H,4,8-13H2,1-3H3,(H,32,33,34)(H2,35,36,37,41). The molecule has 13 nitrogen and oxygen atoms in total. The molecule has 1 fully saturated rings. The number of benzene rings is 2. The Hall–Kier alpha value is -4.57. The maximum Gasteiger partial charge on any atom is 0.350 e. The van der Waals surface area contributed by atoms with E-state index in [9.17, 15) is 9.59 Å². The fourth-order valence-electron chi connectivity index (χ4n) is 5.08. The van der Waals surface area contributed by atoms with Crippen molar-refractivity contribution in [2.75, 3.05) is 76.5 Å². The number of methoxy groups -OCH3 is 2. The van der Waals surface area contributed by atoms with Crippen LogP contribution in [0.25, 0.3) is 21.1 Å². The smallest absolute Gasteiger partial charge is 0.350 e. The average molecular weight is 663 g/mol. The number of nitrogens with zero attached hydrogens (tertiary/aromatic N) is 5. The highest BCUT2D eigenvalue weighted by Gasteiger charge is 2.18. The maximum atomic E-state index is 12.6. The Morgan fingerprint density at radius 3 is 2.63 bits per heavy atom. The third-order valence-corrected chi connectivity index (χ3v) is 9.38. The minimum absolute atomic E-state index is 0.313. The lowest BCUT2D eigenvalue weighted by Crippen LogP contribution is -2.44. The van der Waals surface area contributed by atoms with Crippen molar-refractivity contribution in [3.63, 3.8) is 0 Å². The zero-order valence-corrected chi connectivity index (χ0v) is 27.3. The molecule has 4 heterocycles. The second kappa shape index (κ2) is 14.2. The molecule has 3 N–H and O–H groups in total. The van der Waals surface area contributed by atoms with Gasteiger partial charge in [-0.15, -0.1) is 11.3 Å². The van der Waals surface area contributed by atoms with Crippen LogP contribution in [0.15, 0.2) is 48.1 Å². The fourth-order valence-corrected chi connectivity index (χ4v) is 6.75. The van der Waals surface area contributed by atoms with Crippen molar-refractivity contribution < 1.29 is 23.8 Å². The summed E-state index contributed by atoms with van der Waals surface area (Å²) in [7, 11) is 5.08. The van der Waals surface area contributed by atoms with E-state index >= 15 is 0 Å². The molecule has 0 spiro atoms. The number of nitrogens with one attached hydrogen (secondary N) is 3. The number of piperazine rings is 1. The van der Waals surface area contributed by atoms with E-state index < -0.39 is 12.0 Å². The number of ether oxygens (including phenoxy) is 3. The average Bonchev–Trinajstić information content (AvgIpc) is 3.69. The summed E-state index contributed by atoms with van der Waals surface area (Å²) in [5, 5.41) is 11.7. The number of aromatic nitrogens is 3. The maximum absolute atomic E-state index is 12.6. The molecule has 1 aliphatic rings. The molecular formula is C31H34N8O5S2. The van der Waals surface area contributed by atoms with Gasteiger partial charge in [-0.3, -0.25) is 5.32 Å². The van der Waals surface area contributed by atoms with E-state index in [0.717, 1.165) is 66.0 Å². The highest BCUT2D eigenvalue weighted by Crippen LogP contribution is 2.36. The van der Waals surface area contributed by atoms with Crippen molar-refractivity contribution in [2.45, 2.75) is 6.42 Å². The normalized spacial score (nSPS) is 13.9. The van der Waals surface area contributed by atoms with Crippen LogP contribution in [0.4, 0.5) is 27.1 Å². The first-order valence-corrected chi connectivity index (χ1v) is 16.4. The topological polar surface area (TPSA) is 143 Å². The Labute approximate surface area is 273 Å². The number of carbonyl (C=O) groups excluding carboxylic acids is 2. The van der Waals surface area contributed by atoms with E-state index in [1.165, 1.54) is 36.1 Å². The van der Waals surface area contributed by atoms with E-state index in [4.69, 9.17) is 14.2 Å². The number of likely N-dealkylation sites (N-methyl/N-ethyl adjacent to an activating group) is 1. The molecule has 240 valence electrons. The van der Waals surface area contributed by atoms with Crippen LogP contribution in [-0.4, -0.2) is 97.4 Å². The van der Waals surface area contributed by atoms with Gasteiger partial charge in [-0.2, -0.15) is 0 Å². The molecule has 0 saturated carbocycles. The number of fused-ring (bicyclic) bond motifs is 2. The SMILES string of the molecule is COC(=O)c1sccc1NC(=O)Nc1nc2ccc(Nc3ncnc4cc(OCCCN5CCN(C)CC5)c(OC)cc34)cc2s1. The molecular weight excluding hydrogens is 629 g/mol. The molecule has 0 unspecified atom stereocenters. The van der Waals surface area contributed by atoms with Crippen LogP contribution in [0, 0.1) is 0 Å². The number of hydrogen-bond donors (Lipinski definition) is 3. The largest absolute Gasteiger partial charge is 0.493 e. The van der Waals surface area contributed by atoms with Crippen molar-refractivity contribution in [1.82, 2.24) is 24.8 Å². The molecule has 0 atom stereocenters. The van der Waals surface area contributed by atoms with E-state index in [1.807, 2.05) is 30.3 Å². The lowest BCUT2D eigenvalue weighted by atomic mass is 10.2. The van der Waals surface area contributed by atoms with Gasteiger partial charge in [0.05, 0.1) is 42.2 Å². The summed E-state index contributed by atoms with van der Waals surface area (Å²) >= 11 is 2.51. The number of hydrogen-bond acceptors (Lipinski definition) is 13. The summed E-state index contributed by atoms with van der Waals surface area (Å²) in [4.78, 5) is 43.2. The van der Waals surface area contributed by atoms with E-state index in [-0.39, 0.29) is 0 Å². The Balaban J connectivity index is 1.11. The lowest BCUT2D eigenvalue weighted by Gasteiger charge is -2.32. The van der Waals surface area contributed by atoms with Gasteiger partial charge < -0.3 is 34.6 Å². The van der Waals surface area contributed by atoms with Crippen LogP contribution in [-0.2, 0) is 4.74 Å². The van der Waals surface area contributed by atoms with Crippen molar-refractivity contribution in [2.24, 2.45) is 0 Å². The van der Waals surface area contributed by atoms with Gasteiger partial charge in [0.1, 0.15) is 17.0 Å². The molecule has 5 aromatic rings. The van der Waals surface area contributed by atoms with Gasteiger partial charge in [0, 0.05) is 49.9 Å². The van der Waals surface area contributed by atoms with Gasteiger partial charge >= 0.3 is 12.0 Å². The number of anilines is 4. The summed E-state index contributed by atoms with van der Waals surface area (Å²) in [6, 6.07) is 10.6. The molecule has 1 aliphatic heterocycles. The highest BCUT2D eigenvalue weighted by molar-refractivity contribution is 7.22. The number of amides is 2. The van der Waals surface area contributed by atoms with E-state index in [1.54, 1.807) is 18.6 Å². The van der Waals surface area contributed by atoms with Gasteiger partial charge in [-0.25, -0.2) is 24.5 Å². The second-order valence-corrected chi connectivity index (χ2v) is 12.6. The molecule has 6 rings (SSSR count). The summed E-state index contributed by atoms with van der Waals surface area (Å²) < 4.78 is 17.4.